The number of rotatable bonds is 8. The Kier molecular flexibility index (Phi) is 5.62. The fourth-order valence-corrected chi connectivity index (χ4v) is 5.08. The van der Waals surface area contributed by atoms with Crippen LogP contribution in [0.5, 0.6) is 0 Å². The van der Waals surface area contributed by atoms with Crippen molar-refractivity contribution in [3.63, 3.8) is 0 Å². The highest BCUT2D eigenvalue weighted by Gasteiger charge is 2.17. The summed E-state index contributed by atoms with van der Waals surface area (Å²) in [5.74, 6) is 0.125. The summed E-state index contributed by atoms with van der Waals surface area (Å²) in [6.07, 6.45) is 5.16. The zero-order valence-electron chi connectivity index (χ0n) is 16.6. The van der Waals surface area contributed by atoms with Crippen molar-refractivity contribution in [3.8, 4) is 0 Å². The topological polar surface area (TPSA) is 64.8 Å². The first-order valence-electron chi connectivity index (χ1n) is 10.1. The minimum absolute atomic E-state index is 0.125. The number of nitrogens with zero attached hydrogens (tertiary/aromatic N) is 3. The van der Waals surface area contributed by atoms with Crippen LogP contribution in [0, 0.1) is 0 Å². The monoisotopic (exact) mass is 407 g/mol. The Morgan fingerprint density at radius 1 is 0.931 bits per heavy atom. The summed E-state index contributed by atoms with van der Waals surface area (Å²) in [4.78, 5) is 4.92. The number of hydrogen-bond donors (Lipinski definition) is 0. The molecule has 0 unspecified atom stereocenters. The van der Waals surface area contributed by atoms with Crippen LogP contribution >= 0.6 is 0 Å². The number of benzene rings is 2. The van der Waals surface area contributed by atoms with Crippen LogP contribution in [0.3, 0.4) is 0 Å². The predicted molar refractivity (Wildman–Crippen MR) is 117 cm³/mol. The normalized spacial score (nSPS) is 12.0. The Bertz CT molecular complexity index is 1230. The first-order valence-corrected chi connectivity index (χ1v) is 11.8. The molecule has 0 aliphatic heterocycles. The van der Waals surface area contributed by atoms with E-state index in [1.165, 1.54) is 0 Å². The quantitative estimate of drug-likeness (QED) is 0.421. The van der Waals surface area contributed by atoms with E-state index >= 15 is 0 Å². The molecule has 6 heteroatoms. The summed E-state index contributed by atoms with van der Waals surface area (Å²) in [6.45, 7) is 2.99. The molecule has 0 amide bonds. The predicted octanol–water partition coefficient (Wildman–Crippen LogP) is 4.79. The van der Waals surface area contributed by atoms with E-state index in [2.05, 4.69) is 22.7 Å². The molecule has 29 heavy (non-hydrogen) atoms. The van der Waals surface area contributed by atoms with Crippen molar-refractivity contribution >= 4 is 31.6 Å². The minimum atomic E-state index is -3.28. The number of hydrogen-bond acceptors (Lipinski definition) is 4. The second-order valence-corrected chi connectivity index (χ2v) is 9.40. The fraction of sp³-hybridized carbons (Fsp3) is 0.304. The van der Waals surface area contributed by atoms with Crippen LogP contribution in [-0.4, -0.2) is 28.9 Å². The van der Waals surface area contributed by atoms with Gasteiger partial charge in [-0.1, -0.05) is 49.7 Å². The molecule has 0 aliphatic rings. The number of aromatic nitrogens is 3. The highest BCUT2D eigenvalue weighted by atomic mass is 32.2. The molecule has 0 N–H and O–H groups in total. The van der Waals surface area contributed by atoms with E-state index in [0.717, 1.165) is 46.9 Å². The SMILES string of the molecule is CCCCn1nc2cnc3ccccc3c2c1CCCS(=O)(=O)c1ccccc1. The molecule has 4 aromatic rings. The van der Waals surface area contributed by atoms with Gasteiger partial charge < -0.3 is 0 Å². The van der Waals surface area contributed by atoms with Gasteiger partial charge in [-0.05, 0) is 37.5 Å². The second kappa shape index (κ2) is 8.33. The Morgan fingerprint density at radius 2 is 1.69 bits per heavy atom. The third kappa shape index (κ3) is 4.03. The molecule has 2 aromatic carbocycles. The summed E-state index contributed by atoms with van der Waals surface area (Å²) < 4.78 is 27.4. The van der Waals surface area contributed by atoms with E-state index in [1.807, 2.05) is 30.5 Å². The van der Waals surface area contributed by atoms with E-state index < -0.39 is 9.84 Å². The van der Waals surface area contributed by atoms with Crippen LogP contribution in [0.15, 0.2) is 65.7 Å². The molecule has 0 radical (unpaired) electrons. The van der Waals surface area contributed by atoms with Gasteiger partial charge in [0.25, 0.3) is 0 Å². The van der Waals surface area contributed by atoms with Gasteiger partial charge in [-0.15, -0.1) is 0 Å². The number of sulfone groups is 1. The van der Waals surface area contributed by atoms with Crippen molar-refractivity contribution in [1.29, 1.82) is 0 Å². The van der Waals surface area contributed by atoms with Gasteiger partial charge in [0.05, 0.1) is 22.4 Å². The van der Waals surface area contributed by atoms with Gasteiger partial charge in [0.15, 0.2) is 9.84 Å². The van der Waals surface area contributed by atoms with Gasteiger partial charge >= 0.3 is 0 Å². The Hall–Kier alpha value is -2.73. The lowest BCUT2D eigenvalue weighted by Crippen LogP contribution is -2.10. The zero-order valence-corrected chi connectivity index (χ0v) is 17.4. The van der Waals surface area contributed by atoms with E-state index in [-0.39, 0.29) is 5.75 Å². The minimum Gasteiger partial charge on any atom is -0.268 e. The van der Waals surface area contributed by atoms with Crippen LogP contribution in [-0.2, 0) is 22.8 Å². The molecule has 0 spiro atoms. The van der Waals surface area contributed by atoms with Gasteiger partial charge in [-0.2, -0.15) is 5.10 Å². The van der Waals surface area contributed by atoms with Crippen LogP contribution < -0.4 is 0 Å². The molecule has 5 nitrogen and oxygen atoms in total. The van der Waals surface area contributed by atoms with Gasteiger partial charge in [-0.3, -0.25) is 9.67 Å². The lowest BCUT2D eigenvalue weighted by atomic mass is 10.1. The van der Waals surface area contributed by atoms with E-state index in [4.69, 9.17) is 5.10 Å². The molecule has 2 aromatic heterocycles. The Balaban J connectivity index is 1.67. The number of pyridine rings is 1. The summed E-state index contributed by atoms with van der Waals surface area (Å²) >= 11 is 0. The molecule has 0 fully saturated rings. The Morgan fingerprint density at radius 3 is 2.48 bits per heavy atom. The second-order valence-electron chi connectivity index (χ2n) is 7.29. The maximum absolute atomic E-state index is 12.7. The third-order valence-electron chi connectivity index (χ3n) is 5.24. The van der Waals surface area contributed by atoms with Gasteiger partial charge in [0.2, 0.25) is 0 Å². The van der Waals surface area contributed by atoms with Crippen LogP contribution in [0.1, 0.15) is 31.9 Å². The molecule has 0 atom stereocenters. The summed E-state index contributed by atoms with van der Waals surface area (Å²) in [5, 5.41) is 6.96. The lowest BCUT2D eigenvalue weighted by molar-refractivity contribution is 0.549. The first kappa shape index (κ1) is 19.6. The molecule has 4 rings (SSSR count). The summed E-state index contributed by atoms with van der Waals surface area (Å²) in [6, 6.07) is 16.7. The van der Waals surface area contributed by atoms with E-state index in [0.29, 0.717) is 17.7 Å². The van der Waals surface area contributed by atoms with Gasteiger partial charge in [0, 0.05) is 23.0 Å². The molecule has 0 bridgehead atoms. The van der Waals surface area contributed by atoms with Crippen molar-refractivity contribution < 1.29 is 8.42 Å². The highest BCUT2D eigenvalue weighted by Crippen LogP contribution is 2.28. The first-order chi connectivity index (χ1) is 14.1. The molecule has 0 saturated heterocycles. The molecular weight excluding hydrogens is 382 g/mol. The molecule has 2 heterocycles. The average molecular weight is 408 g/mol. The van der Waals surface area contributed by atoms with Crippen molar-refractivity contribution in [3.05, 3.63) is 66.5 Å². The van der Waals surface area contributed by atoms with Crippen molar-refractivity contribution in [2.75, 3.05) is 5.75 Å². The maximum Gasteiger partial charge on any atom is 0.178 e. The standard InChI is InChI=1S/C23H25N3O2S/c1-2-3-15-26-22(14-9-16-29(27,28)18-10-5-4-6-11-18)23-19-12-7-8-13-20(19)24-17-21(23)25-26/h4-8,10-13,17H,2-3,9,14-16H2,1H3. The van der Waals surface area contributed by atoms with Crippen LogP contribution in [0.2, 0.25) is 0 Å². The fourth-order valence-electron chi connectivity index (χ4n) is 3.75. The largest absolute Gasteiger partial charge is 0.268 e. The van der Waals surface area contributed by atoms with E-state index in [1.54, 1.807) is 24.3 Å². The molecule has 0 saturated carbocycles. The van der Waals surface area contributed by atoms with Crippen molar-refractivity contribution in [1.82, 2.24) is 14.8 Å². The van der Waals surface area contributed by atoms with Crippen LogP contribution in [0.4, 0.5) is 0 Å². The Labute approximate surface area is 171 Å². The number of unbranched alkanes of at least 4 members (excludes halogenated alkanes) is 1. The lowest BCUT2D eigenvalue weighted by Gasteiger charge is -2.09. The van der Waals surface area contributed by atoms with Crippen molar-refractivity contribution in [2.24, 2.45) is 0 Å². The van der Waals surface area contributed by atoms with E-state index in [9.17, 15) is 8.42 Å². The maximum atomic E-state index is 12.7. The average Bonchev–Trinajstić information content (AvgIpc) is 3.11. The van der Waals surface area contributed by atoms with Crippen molar-refractivity contribution in [2.45, 2.75) is 44.0 Å². The molecule has 0 aliphatic carbocycles. The van der Waals surface area contributed by atoms with Gasteiger partial charge in [0.1, 0.15) is 5.52 Å². The van der Waals surface area contributed by atoms with Crippen LogP contribution in [0.25, 0.3) is 21.8 Å². The zero-order chi connectivity index (χ0) is 20.3. The third-order valence-corrected chi connectivity index (χ3v) is 7.05. The number of fused-ring (bicyclic) bond motifs is 3. The summed E-state index contributed by atoms with van der Waals surface area (Å²) in [5.41, 5.74) is 2.92. The summed E-state index contributed by atoms with van der Waals surface area (Å²) in [7, 11) is -3.28. The molecular formula is C23H25N3O2S. The smallest absolute Gasteiger partial charge is 0.178 e. The number of para-hydroxylation sites is 1. The highest BCUT2D eigenvalue weighted by molar-refractivity contribution is 7.91. The number of aryl methyl sites for hydroxylation is 2. The molecule has 150 valence electrons. The van der Waals surface area contributed by atoms with Gasteiger partial charge in [-0.25, -0.2) is 8.42 Å².